The summed E-state index contributed by atoms with van der Waals surface area (Å²) in [5.74, 6) is -1.45. The smallest absolute Gasteiger partial charge is 0.328 e. The predicted molar refractivity (Wildman–Crippen MR) is 68.8 cm³/mol. The van der Waals surface area contributed by atoms with Gasteiger partial charge in [-0.05, 0) is 17.7 Å². The van der Waals surface area contributed by atoms with Gasteiger partial charge in [-0.25, -0.2) is 4.79 Å². The van der Waals surface area contributed by atoms with E-state index < -0.39 is 5.97 Å². The van der Waals surface area contributed by atoms with Gasteiger partial charge in [0.05, 0.1) is 5.56 Å². The minimum absolute atomic E-state index is 0.308. The van der Waals surface area contributed by atoms with Gasteiger partial charge in [0.1, 0.15) is 5.51 Å². The van der Waals surface area contributed by atoms with Gasteiger partial charge in [-0.3, -0.25) is 15.1 Å². The third kappa shape index (κ3) is 3.68. The molecule has 1 amide bonds. The third-order valence-electron chi connectivity index (χ3n) is 2.02. The molecular formula is C11H8N4O3S. The van der Waals surface area contributed by atoms with Crippen LogP contribution in [0.15, 0.2) is 30.0 Å². The molecule has 0 saturated heterocycles. The molecule has 19 heavy (non-hydrogen) atoms. The molecule has 0 atom stereocenters. The van der Waals surface area contributed by atoms with Crippen LogP contribution in [0.1, 0.15) is 15.9 Å². The highest BCUT2D eigenvalue weighted by molar-refractivity contribution is 7.13. The van der Waals surface area contributed by atoms with Crippen LogP contribution in [0.4, 0.5) is 5.13 Å². The van der Waals surface area contributed by atoms with Crippen molar-refractivity contribution in [2.75, 3.05) is 5.32 Å². The zero-order valence-corrected chi connectivity index (χ0v) is 10.3. The zero-order chi connectivity index (χ0) is 13.7. The number of hydrogen-bond donors (Lipinski definition) is 2. The van der Waals surface area contributed by atoms with Crippen molar-refractivity contribution in [3.63, 3.8) is 0 Å². The van der Waals surface area contributed by atoms with Gasteiger partial charge in [0, 0.05) is 18.5 Å². The van der Waals surface area contributed by atoms with Crippen molar-refractivity contribution in [2.45, 2.75) is 0 Å². The van der Waals surface area contributed by atoms with E-state index in [1.807, 2.05) is 0 Å². The summed E-state index contributed by atoms with van der Waals surface area (Å²) in [6.45, 7) is 0. The number of nitrogens with one attached hydrogen (secondary N) is 1. The van der Waals surface area contributed by atoms with Crippen molar-refractivity contribution in [3.05, 3.63) is 41.2 Å². The van der Waals surface area contributed by atoms with Gasteiger partial charge in [0.2, 0.25) is 5.13 Å². The standard InChI is InChI=1S/C11H8N4O3S/c16-9(17)2-1-7-3-8(5-12-4-7)10(18)14-11-15-13-6-19-11/h1-6H,(H,16,17)(H,14,15,18). The fraction of sp³-hybridized carbons (Fsp3) is 0. The Kier molecular flexibility index (Phi) is 3.94. The van der Waals surface area contributed by atoms with Crippen molar-refractivity contribution in [1.82, 2.24) is 15.2 Å². The average Bonchev–Trinajstić information content (AvgIpc) is 2.89. The third-order valence-corrected chi connectivity index (χ3v) is 2.63. The SMILES string of the molecule is O=C(O)C=Cc1cncc(C(=O)Nc2nncs2)c1. The fourth-order valence-corrected chi connectivity index (χ4v) is 1.68. The van der Waals surface area contributed by atoms with Crippen LogP contribution >= 0.6 is 11.3 Å². The van der Waals surface area contributed by atoms with Crippen LogP contribution in [0.5, 0.6) is 0 Å². The first-order chi connectivity index (χ1) is 9.15. The number of carboxylic acid groups (broad SMARTS) is 1. The molecule has 2 N–H and O–H groups in total. The molecule has 0 saturated carbocycles. The number of rotatable bonds is 4. The lowest BCUT2D eigenvalue weighted by molar-refractivity contribution is -0.131. The second kappa shape index (κ2) is 5.83. The number of pyridine rings is 1. The van der Waals surface area contributed by atoms with E-state index >= 15 is 0 Å². The first kappa shape index (κ1) is 12.8. The summed E-state index contributed by atoms with van der Waals surface area (Å²) in [6, 6.07) is 1.53. The molecule has 96 valence electrons. The molecular weight excluding hydrogens is 268 g/mol. The van der Waals surface area contributed by atoms with Crippen LogP contribution in [-0.2, 0) is 4.79 Å². The summed E-state index contributed by atoms with van der Waals surface area (Å²) in [4.78, 5) is 26.1. The number of carbonyl (C=O) groups excluding carboxylic acids is 1. The Morgan fingerprint density at radius 3 is 2.89 bits per heavy atom. The number of carbonyl (C=O) groups is 2. The van der Waals surface area contributed by atoms with Gasteiger partial charge in [0.25, 0.3) is 5.91 Å². The van der Waals surface area contributed by atoms with Crippen LogP contribution < -0.4 is 5.32 Å². The zero-order valence-electron chi connectivity index (χ0n) is 9.48. The highest BCUT2D eigenvalue weighted by Crippen LogP contribution is 2.11. The molecule has 0 spiro atoms. The van der Waals surface area contributed by atoms with E-state index in [9.17, 15) is 9.59 Å². The Hall–Kier alpha value is -2.61. The Morgan fingerprint density at radius 2 is 2.21 bits per heavy atom. The topological polar surface area (TPSA) is 105 Å². The fourth-order valence-electron chi connectivity index (χ4n) is 1.24. The Morgan fingerprint density at radius 1 is 1.37 bits per heavy atom. The summed E-state index contributed by atoms with van der Waals surface area (Å²) < 4.78 is 0. The number of carboxylic acids is 1. The predicted octanol–water partition coefficient (Wildman–Crippen LogP) is 1.28. The molecule has 0 aliphatic rings. The molecule has 2 aromatic rings. The van der Waals surface area contributed by atoms with Gasteiger partial charge in [-0.2, -0.15) is 0 Å². The van der Waals surface area contributed by atoms with Gasteiger partial charge in [-0.1, -0.05) is 11.3 Å². The highest BCUT2D eigenvalue weighted by atomic mass is 32.1. The summed E-state index contributed by atoms with van der Waals surface area (Å²) >= 11 is 1.20. The minimum atomic E-state index is -1.07. The van der Waals surface area contributed by atoms with Crippen LogP contribution in [0, 0.1) is 0 Å². The molecule has 0 aliphatic heterocycles. The first-order valence-corrected chi connectivity index (χ1v) is 5.96. The van der Waals surface area contributed by atoms with E-state index in [-0.39, 0.29) is 5.91 Å². The molecule has 2 rings (SSSR count). The molecule has 2 aromatic heterocycles. The van der Waals surface area contributed by atoms with Crippen molar-refractivity contribution in [2.24, 2.45) is 0 Å². The number of amides is 1. The Labute approximate surface area is 111 Å². The molecule has 0 unspecified atom stereocenters. The lowest BCUT2D eigenvalue weighted by atomic mass is 10.2. The molecule has 2 heterocycles. The summed E-state index contributed by atoms with van der Waals surface area (Å²) in [5, 5.41) is 18.8. The van der Waals surface area contributed by atoms with E-state index in [0.29, 0.717) is 16.3 Å². The largest absolute Gasteiger partial charge is 0.478 e. The lowest BCUT2D eigenvalue weighted by Crippen LogP contribution is -2.12. The van der Waals surface area contributed by atoms with Gasteiger partial charge in [0.15, 0.2) is 0 Å². The molecule has 7 nitrogen and oxygen atoms in total. The summed E-state index contributed by atoms with van der Waals surface area (Å²) in [5.41, 5.74) is 2.33. The van der Waals surface area contributed by atoms with Crippen LogP contribution in [-0.4, -0.2) is 32.2 Å². The Balaban J connectivity index is 2.14. The second-order valence-corrected chi connectivity index (χ2v) is 4.21. The van der Waals surface area contributed by atoms with E-state index in [2.05, 4.69) is 20.5 Å². The summed E-state index contributed by atoms with van der Waals surface area (Å²) in [7, 11) is 0. The number of aliphatic carboxylic acids is 1. The first-order valence-electron chi connectivity index (χ1n) is 5.09. The van der Waals surface area contributed by atoms with E-state index in [0.717, 1.165) is 6.08 Å². The van der Waals surface area contributed by atoms with Crippen LogP contribution in [0.25, 0.3) is 6.08 Å². The monoisotopic (exact) mass is 276 g/mol. The Bertz CT molecular complexity index is 625. The molecule has 0 radical (unpaired) electrons. The minimum Gasteiger partial charge on any atom is -0.478 e. The van der Waals surface area contributed by atoms with E-state index in [4.69, 9.17) is 5.11 Å². The van der Waals surface area contributed by atoms with Crippen molar-refractivity contribution in [3.8, 4) is 0 Å². The molecule has 8 heteroatoms. The van der Waals surface area contributed by atoms with Crippen molar-refractivity contribution in [1.29, 1.82) is 0 Å². The van der Waals surface area contributed by atoms with Gasteiger partial charge < -0.3 is 5.11 Å². The number of anilines is 1. The molecule has 0 fully saturated rings. The van der Waals surface area contributed by atoms with Crippen molar-refractivity contribution < 1.29 is 14.7 Å². The normalized spacial score (nSPS) is 10.5. The molecule has 0 bridgehead atoms. The van der Waals surface area contributed by atoms with E-state index in [1.54, 1.807) is 0 Å². The highest BCUT2D eigenvalue weighted by Gasteiger charge is 2.08. The number of aromatic nitrogens is 3. The van der Waals surface area contributed by atoms with Crippen LogP contribution in [0.2, 0.25) is 0 Å². The number of hydrogen-bond acceptors (Lipinski definition) is 6. The second-order valence-electron chi connectivity index (χ2n) is 3.38. The maximum Gasteiger partial charge on any atom is 0.328 e. The molecule has 0 aliphatic carbocycles. The number of nitrogens with zero attached hydrogens (tertiary/aromatic N) is 3. The maximum atomic E-state index is 11.8. The quantitative estimate of drug-likeness (QED) is 0.815. The van der Waals surface area contributed by atoms with E-state index in [1.165, 1.54) is 41.4 Å². The average molecular weight is 276 g/mol. The lowest BCUT2D eigenvalue weighted by Gasteiger charge is -2.01. The summed E-state index contributed by atoms with van der Waals surface area (Å²) in [6.07, 6.45) is 5.18. The van der Waals surface area contributed by atoms with Crippen molar-refractivity contribution >= 4 is 34.4 Å². The van der Waals surface area contributed by atoms with Gasteiger partial charge in [-0.15, -0.1) is 10.2 Å². The van der Waals surface area contributed by atoms with Crippen LogP contribution in [0.3, 0.4) is 0 Å². The van der Waals surface area contributed by atoms with Gasteiger partial charge >= 0.3 is 5.97 Å². The molecule has 0 aromatic carbocycles. The maximum absolute atomic E-state index is 11.8.